The first-order valence-corrected chi connectivity index (χ1v) is 6.87. The van der Waals surface area contributed by atoms with Crippen molar-refractivity contribution in [2.45, 2.75) is 39.0 Å². The summed E-state index contributed by atoms with van der Waals surface area (Å²) in [4.78, 5) is 2.40. The Balaban J connectivity index is 1.89. The van der Waals surface area contributed by atoms with E-state index < -0.39 is 0 Å². The van der Waals surface area contributed by atoms with Gasteiger partial charge in [0.25, 0.3) is 0 Å². The van der Waals surface area contributed by atoms with Crippen molar-refractivity contribution < 1.29 is 9.15 Å². The largest absolute Gasteiger partial charge is 0.468 e. The van der Waals surface area contributed by atoms with Gasteiger partial charge in [-0.2, -0.15) is 0 Å². The van der Waals surface area contributed by atoms with Crippen molar-refractivity contribution in [2.75, 3.05) is 26.7 Å². The Labute approximate surface area is 109 Å². The minimum Gasteiger partial charge on any atom is -0.468 e. The molecule has 1 atom stereocenters. The monoisotopic (exact) mass is 252 g/mol. The molecule has 102 valence electrons. The predicted molar refractivity (Wildman–Crippen MR) is 71.4 cm³/mol. The highest BCUT2D eigenvalue weighted by Gasteiger charge is 2.19. The van der Waals surface area contributed by atoms with Gasteiger partial charge in [0.05, 0.1) is 18.9 Å². The topological polar surface area (TPSA) is 37.6 Å². The van der Waals surface area contributed by atoms with E-state index in [9.17, 15) is 0 Å². The summed E-state index contributed by atoms with van der Waals surface area (Å²) < 4.78 is 11.3. The lowest BCUT2D eigenvalue weighted by molar-refractivity contribution is 0.0701. The van der Waals surface area contributed by atoms with Crippen molar-refractivity contribution in [3.05, 3.63) is 23.7 Å². The third-order valence-corrected chi connectivity index (χ3v) is 3.51. The zero-order valence-corrected chi connectivity index (χ0v) is 11.4. The minimum atomic E-state index is 0.410. The van der Waals surface area contributed by atoms with Crippen molar-refractivity contribution in [2.24, 2.45) is 0 Å². The molecule has 0 amide bonds. The number of hydrogen-bond acceptors (Lipinski definition) is 4. The molecular weight excluding hydrogens is 228 g/mol. The molecule has 0 radical (unpaired) electrons. The second kappa shape index (κ2) is 6.92. The molecule has 4 nitrogen and oxygen atoms in total. The quantitative estimate of drug-likeness (QED) is 0.805. The van der Waals surface area contributed by atoms with E-state index >= 15 is 0 Å². The van der Waals surface area contributed by atoms with Crippen LogP contribution in [0.5, 0.6) is 0 Å². The highest BCUT2D eigenvalue weighted by Crippen LogP contribution is 2.17. The fraction of sp³-hybridized carbons (Fsp3) is 0.714. The van der Waals surface area contributed by atoms with Crippen LogP contribution in [-0.2, 0) is 17.8 Å². The number of ether oxygens (including phenoxy) is 1. The van der Waals surface area contributed by atoms with Crippen molar-refractivity contribution in [1.29, 1.82) is 0 Å². The van der Waals surface area contributed by atoms with Crippen molar-refractivity contribution in [3.63, 3.8) is 0 Å². The maximum atomic E-state index is 5.70. The number of hydrogen-bond donors (Lipinski definition) is 1. The predicted octanol–water partition coefficient (Wildman–Crippen LogP) is 2.00. The fourth-order valence-electron chi connectivity index (χ4n) is 2.44. The molecule has 18 heavy (non-hydrogen) atoms. The molecule has 2 rings (SSSR count). The van der Waals surface area contributed by atoms with Crippen LogP contribution in [0.25, 0.3) is 0 Å². The maximum Gasteiger partial charge on any atom is 0.122 e. The van der Waals surface area contributed by atoms with Crippen LogP contribution in [0.15, 0.2) is 16.7 Å². The van der Waals surface area contributed by atoms with Gasteiger partial charge >= 0.3 is 0 Å². The lowest BCUT2D eigenvalue weighted by atomic mass is 10.2. The first kappa shape index (κ1) is 13.6. The highest BCUT2D eigenvalue weighted by molar-refractivity contribution is 5.16. The van der Waals surface area contributed by atoms with Gasteiger partial charge in [0.15, 0.2) is 0 Å². The Kier molecular flexibility index (Phi) is 5.23. The van der Waals surface area contributed by atoms with E-state index in [0.29, 0.717) is 6.10 Å². The van der Waals surface area contributed by atoms with E-state index in [1.165, 1.54) is 18.4 Å². The van der Waals surface area contributed by atoms with Crippen LogP contribution in [0, 0.1) is 0 Å². The molecular formula is C14H24N2O2. The van der Waals surface area contributed by atoms with Crippen LogP contribution in [-0.4, -0.2) is 37.7 Å². The molecule has 4 heteroatoms. The zero-order chi connectivity index (χ0) is 12.8. The van der Waals surface area contributed by atoms with E-state index in [2.05, 4.69) is 17.1 Å². The highest BCUT2D eigenvalue weighted by atomic mass is 16.5. The lowest BCUT2D eigenvalue weighted by Gasteiger charge is -2.23. The fourth-order valence-corrected chi connectivity index (χ4v) is 2.44. The van der Waals surface area contributed by atoms with Gasteiger partial charge in [-0.15, -0.1) is 0 Å². The molecule has 1 fully saturated rings. The lowest BCUT2D eigenvalue weighted by Crippen LogP contribution is -2.31. The molecule has 1 unspecified atom stereocenters. The van der Waals surface area contributed by atoms with Gasteiger partial charge in [-0.3, -0.25) is 4.90 Å². The van der Waals surface area contributed by atoms with Gasteiger partial charge in [0, 0.05) is 25.3 Å². The summed E-state index contributed by atoms with van der Waals surface area (Å²) >= 11 is 0. The number of nitrogens with zero attached hydrogens (tertiary/aromatic N) is 1. The Morgan fingerprint density at radius 2 is 2.39 bits per heavy atom. The second-order valence-electron chi connectivity index (χ2n) is 4.86. The number of nitrogens with one attached hydrogen (secondary N) is 1. The molecule has 2 heterocycles. The van der Waals surface area contributed by atoms with Crippen LogP contribution >= 0.6 is 0 Å². The summed E-state index contributed by atoms with van der Waals surface area (Å²) in [6.07, 6.45) is 4.58. The zero-order valence-electron chi connectivity index (χ0n) is 11.4. The normalized spacial score (nSPS) is 19.8. The number of likely N-dealkylation sites (N-methyl/N-ethyl adjacent to an activating group) is 1. The Morgan fingerprint density at radius 3 is 3.06 bits per heavy atom. The Hall–Kier alpha value is -0.840. The third kappa shape index (κ3) is 3.57. The second-order valence-corrected chi connectivity index (χ2v) is 4.86. The van der Waals surface area contributed by atoms with Crippen molar-refractivity contribution in [1.82, 2.24) is 10.2 Å². The molecule has 0 aromatic carbocycles. The van der Waals surface area contributed by atoms with Gasteiger partial charge in [0.2, 0.25) is 0 Å². The van der Waals surface area contributed by atoms with Crippen molar-refractivity contribution in [3.8, 4) is 0 Å². The van der Waals surface area contributed by atoms with Crippen molar-refractivity contribution >= 4 is 0 Å². The molecule has 1 saturated heterocycles. The van der Waals surface area contributed by atoms with Gasteiger partial charge in [-0.05, 0) is 32.5 Å². The molecule has 0 saturated carbocycles. The smallest absolute Gasteiger partial charge is 0.122 e. The summed E-state index contributed by atoms with van der Waals surface area (Å²) in [5.74, 6) is 1.07. The summed E-state index contributed by atoms with van der Waals surface area (Å²) in [5.41, 5.74) is 1.25. The van der Waals surface area contributed by atoms with Crippen LogP contribution in [0.3, 0.4) is 0 Å². The molecule has 1 aromatic rings. The van der Waals surface area contributed by atoms with Crippen LogP contribution in [0.2, 0.25) is 0 Å². The Bertz CT molecular complexity index is 345. The summed E-state index contributed by atoms with van der Waals surface area (Å²) in [6, 6.07) is 2.05. The third-order valence-electron chi connectivity index (χ3n) is 3.51. The van der Waals surface area contributed by atoms with E-state index in [0.717, 1.165) is 38.5 Å². The summed E-state index contributed by atoms with van der Waals surface area (Å²) in [7, 11) is 1.96. The SMILES string of the molecule is CCN(Cc1occc1CNC)CC1CCCO1. The molecule has 0 bridgehead atoms. The molecule has 0 spiro atoms. The first-order valence-electron chi connectivity index (χ1n) is 6.87. The van der Waals surface area contributed by atoms with Crippen LogP contribution < -0.4 is 5.32 Å². The van der Waals surface area contributed by atoms with Gasteiger partial charge in [0.1, 0.15) is 5.76 Å². The first-order chi connectivity index (χ1) is 8.83. The van der Waals surface area contributed by atoms with Gasteiger partial charge in [-0.25, -0.2) is 0 Å². The van der Waals surface area contributed by atoms with Crippen LogP contribution in [0.4, 0.5) is 0 Å². The number of furan rings is 1. The molecule has 1 aliphatic rings. The number of rotatable bonds is 7. The molecule has 1 N–H and O–H groups in total. The van der Waals surface area contributed by atoms with Gasteiger partial charge < -0.3 is 14.5 Å². The average molecular weight is 252 g/mol. The summed E-state index contributed by atoms with van der Waals surface area (Å²) in [5, 5.41) is 3.17. The molecule has 1 aromatic heterocycles. The molecule has 1 aliphatic heterocycles. The average Bonchev–Trinajstić information content (AvgIpc) is 3.01. The minimum absolute atomic E-state index is 0.410. The Morgan fingerprint density at radius 1 is 1.50 bits per heavy atom. The van der Waals surface area contributed by atoms with Gasteiger partial charge in [-0.1, -0.05) is 6.92 Å². The van der Waals surface area contributed by atoms with E-state index in [4.69, 9.17) is 9.15 Å². The van der Waals surface area contributed by atoms with E-state index in [-0.39, 0.29) is 0 Å². The molecule has 0 aliphatic carbocycles. The summed E-state index contributed by atoms with van der Waals surface area (Å²) in [6.45, 7) is 6.89. The maximum absolute atomic E-state index is 5.70. The van der Waals surface area contributed by atoms with Crippen LogP contribution in [0.1, 0.15) is 31.1 Å². The van der Waals surface area contributed by atoms with E-state index in [1.54, 1.807) is 6.26 Å². The van der Waals surface area contributed by atoms with E-state index in [1.807, 2.05) is 13.1 Å². The standard InChI is InChI=1S/C14H24N2O2/c1-3-16(10-13-5-4-7-17-13)11-14-12(9-15-2)6-8-18-14/h6,8,13,15H,3-5,7,9-11H2,1-2H3.